The SMILES string of the molecule is CCCCNC(=O)CNCCS(C)(=O)=O. The van der Waals surface area contributed by atoms with E-state index in [9.17, 15) is 13.2 Å². The molecule has 5 nitrogen and oxygen atoms in total. The molecule has 90 valence electrons. The summed E-state index contributed by atoms with van der Waals surface area (Å²) in [6, 6.07) is 0. The number of hydrogen-bond donors (Lipinski definition) is 2. The van der Waals surface area contributed by atoms with Gasteiger partial charge in [-0.2, -0.15) is 0 Å². The Bertz CT molecular complexity index is 275. The van der Waals surface area contributed by atoms with Gasteiger partial charge in [0.1, 0.15) is 9.84 Å². The molecule has 0 fully saturated rings. The van der Waals surface area contributed by atoms with Crippen LogP contribution in [0.25, 0.3) is 0 Å². The van der Waals surface area contributed by atoms with E-state index in [-0.39, 0.29) is 18.2 Å². The van der Waals surface area contributed by atoms with Crippen molar-refractivity contribution < 1.29 is 13.2 Å². The monoisotopic (exact) mass is 236 g/mol. The molecule has 2 N–H and O–H groups in total. The molecule has 0 spiro atoms. The average molecular weight is 236 g/mol. The lowest BCUT2D eigenvalue weighted by atomic mass is 10.3. The van der Waals surface area contributed by atoms with Gasteiger partial charge in [-0.15, -0.1) is 0 Å². The minimum Gasteiger partial charge on any atom is -0.355 e. The summed E-state index contributed by atoms with van der Waals surface area (Å²) in [4.78, 5) is 11.1. The van der Waals surface area contributed by atoms with Crippen LogP contribution in [0, 0.1) is 0 Å². The Labute approximate surface area is 91.5 Å². The molecule has 0 radical (unpaired) electrons. The molecule has 0 rings (SSSR count). The van der Waals surface area contributed by atoms with Crippen molar-refractivity contribution in [2.45, 2.75) is 19.8 Å². The molecule has 15 heavy (non-hydrogen) atoms. The average Bonchev–Trinajstić information content (AvgIpc) is 2.11. The molecule has 6 heteroatoms. The van der Waals surface area contributed by atoms with Crippen molar-refractivity contribution in [3.05, 3.63) is 0 Å². The summed E-state index contributed by atoms with van der Waals surface area (Å²) in [7, 11) is -2.94. The molecule has 0 aromatic carbocycles. The van der Waals surface area contributed by atoms with Gasteiger partial charge in [0.2, 0.25) is 5.91 Å². The number of carbonyl (C=O) groups is 1. The van der Waals surface area contributed by atoms with Gasteiger partial charge in [-0.1, -0.05) is 13.3 Å². The number of carbonyl (C=O) groups excluding carboxylic acids is 1. The second-order valence-corrected chi connectivity index (χ2v) is 5.77. The van der Waals surface area contributed by atoms with Crippen LogP contribution in [0.4, 0.5) is 0 Å². The van der Waals surface area contributed by atoms with Gasteiger partial charge in [0, 0.05) is 19.3 Å². The van der Waals surface area contributed by atoms with Gasteiger partial charge in [-0.3, -0.25) is 4.79 Å². The van der Waals surface area contributed by atoms with E-state index in [1.54, 1.807) is 0 Å². The van der Waals surface area contributed by atoms with Crippen molar-refractivity contribution >= 4 is 15.7 Å². The van der Waals surface area contributed by atoms with Crippen LogP contribution >= 0.6 is 0 Å². The predicted octanol–water partition coefficient (Wildman–Crippen LogP) is -0.463. The lowest BCUT2D eigenvalue weighted by molar-refractivity contribution is -0.120. The van der Waals surface area contributed by atoms with Gasteiger partial charge in [0.15, 0.2) is 0 Å². The zero-order chi connectivity index (χ0) is 11.7. The fourth-order valence-corrected chi connectivity index (χ4v) is 1.44. The van der Waals surface area contributed by atoms with E-state index in [0.717, 1.165) is 12.8 Å². The van der Waals surface area contributed by atoms with Crippen molar-refractivity contribution in [2.24, 2.45) is 0 Å². The largest absolute Gasteiger partial charge is 0.355 e. The molecule has 0 saturated heterocycles. The zero-order valence-electron chi connectivity index (χ0n) is 9.38. The first-order valence-electron chi connectivity index (χ1n) is 5.11. The maximum atomic E-state index is 11.1. The molecule has 0 saturated carbocycles. The Hall–Kier alpha value is -0.620. The molecular formula is C9H20N2O3S. The normalized spacial score (nSPS) is 11.3. The van der Waals surface area contributed by atoms with Crippen LogP contribution in [0.3, 0.4) is 0 Å². The van der Waals surface area contributed by atoms with Crippen molar-refractivity contribution in [1.29, 1.82) is 0 Å². The van der Waals surface area contributed by atoms with Crippen molar-refractivity contribution in [1.82, 2.24) is 10.6 Å². The lowest BCUT2D eigenvalue weighted by Crippen LogP contribution is -2.36. The lowest BCUT2D eigenvalue weighted by Gasteiger charge is -2.05. The van der Waals surface area contributed by atoms with Crippen LogP contribution in [0.5, 0.6) is 0 Å². The second kappa shape index (κ2) is 7.64. The minimum atomic E-state index is -2.94. The summed E-state index contributed by atoms with van der Waals surface area (Å²) < 4.78 is 21.5. The number of amides is 1. The Morgan fingerprint density at radius 2 is 1.93 bits per heavy atom. The van der Waals surface area contributed by atoms with Gasteiger partial charge in [0.05, 0.1) is 12.3 Å². The Morgan fingerprint density at radius 3 is 2.47 bits per heavy atom. The second-order valence-electron chi connectivity index (χ2n) is 3.51. The highest BCUT2D eigenvalue weighted by Crippen LogP contribution is 1.82. The highest BCUT2D eigenvalue weighted by molar-refractivity contribution is 7.90. The van der Waals surface area contributed by atoms with Crippen LogP contribution in [0.15, 0.2) is 0 Å². The van der Waals surface area contributed by atoms with Crippen LogP contribution in [-0.4, -0.2) is 46.0 Å². The van der Waals surface area contributed by atoms with E-state index in [4.69, 9.17) is 0 Å². The molecule has 0 aromatic heterocycles. The van der Waals surface area contributed by atoms with Gasteiger partial charge < -0.3 is 10.6 Å². The Balaban J connectivity index is 3.39. The first-order valence-corrected chi connectivity index (χ1v) is 7.17. The quantitative estimate of drug-likeness (QED) is 0.559. The third-order valence-corrected chi connectivity index (χ3v) is 2.73. The number of sulfone groups is 1. The van der Waals surface area contributed by atoms with Crippen molar-refractivity contribution in [2.75, 3.05) is 31.6 Å². The van der Waals surface area contributed by atoms with E-state index in [1.165, 1.54) is 6.26 Å². The summed E-state index contributed by atoms with van der Waals surface area (Å²) in [6.45, 7) is 3.23. The summed E-state index contributed by atoms with van der Waals surface area (Å²) in [5.41, 5.74) is 0. The van der Waals surface area contributed by atoms with Gasteiger partial charge >= 0.3 is 0 Å². The summed E-state index contributed by atoms with van der Waals surface area (Å²) in [6.07, 6.45) is 3.19. The molecule has 0 bridgehead atoms. The van der Waals surface area contributed by atoms with Crippen LogP contribution in [-0.2, 0) is 14.6 Å². The molecule has 0 atom stereocenters. The Kier molecular flexibility index (Phi) is 7.33. The van der Waals surface area contributed by atoms with E-state index >= 15 is 0 Å². The smallest absolute Gasteiger partial charge is 0.233 e. The zero-order valence-corrected chi connectivity index (χ0v) is 10.2. The van der Waals surface area contributed by atoms with Crippen LogP contribution in [0.1, 0.15) is 19.8 Å². The predicted molar refractivity (Wildman–Crippen MR) is 60.5 cm³/mol. The fourth-order valence-electron chi connectivity index (χ4n) is 0.927. The van der Waals surface area contributed by atoms with Crippen LogP contribution in [0.2, 0.25) is 0 Å². The molecule has 0 aromatic rings. The minimum absolute atomic E-state index is 0.0647. The van der Waals surface area contributed by atoms with Crippen molar-refractivity contribution in [3.63, 3.8) is 0 Å². The number of unbranched alkanes of at least 4 members (excludes halogenated alkanes) is 1. The molecule has 0 aliphatic carbocycles. The van der Waals surface area contributed by atoms with E-state index in [0.29, 0.717) is 13.1 Å². The summed E-state index contributed by atoms with van der Waals surface area (Å²) in [5, 5.41) is 5.51. The maximum absolute atomic E-state index is 11.1. The highest BCUT2D eigenvalue weighted by Gasteiger charge is 2.02. The molecule has 1 amide bonds. The number of hydrogen-bond acceptors (Lipinski definition) is 4. The van der Waals surface area contributed by atoms with E-state index in [2.05, 4.69) is 17.6 Å². The molecule has 0 aliphatic heterocycles. The topological polar surface area (TPSA) is 75.3 Å². The fraction of sp³-hybridized carbons (Fsp3) is 0.889. The third kappa shape index (κ3) is 11.3. The molecule has 0 aliphatic rings. The first-order chi connectivity index (χ1) is 6.95. The van der Waals surface area contributed by atoms with E-state index < -0.39 is 9.84 Å². The van der Waals surface area contributed by atoms with Crippen molar-refractivity contribution in [3.8, 4) is 0 Å². The third-order valence-electron chi connectivity index (χ3n) is 1.79. The maximum Gasteiger partial charge on any atom is 0.233 e. The standard InChI is InChI=1S/C9H20N2O3S/c1-3-4-5-11-9(12)8-10-6-7-15(2,13)14/h10H,3-8H2,1-2H3,(H,11,12). The summed E-state index contributed by atoms with van der Waals surface area (Å²) >= 11 is 0. The molecular weight excluding hydrogens is 216 g/mol. The molecule has 0 heterocycles. The highest BCUT2D eigenvalue weighted by atomic mass is 32.2. The Morgan fingerprint density at radius 1 is 1.27 bits per heavy atom. The van der Waals surface area contributed by atoms with E-state index in [1.807, 2.05) is 0 Å². The first kappa shape index (κ1) is 14.4. The number of nitrogens with one attached hydrogen (secondary N) is 2. The van der Waals surface area contributed by atoms with Gasteiger partial charge in [-0.25, -0.2) is 8.42 Å². The van der Waals surface area contributed by atoms with Crippen LogP contribution < -0.4 is 10.6 Å². The van der Waals surface area contributed by atoms with Gasteiger partial charge in [0.25, 0.3) is 0 Å². The number of rotatable bonds is 8. The molecule has 0 unspecified atom stereocenters. The summed E-state index contributed by atoms with van der Waals surface area (Å²) in [5.74, 6) is -0.0214. The van der Waals surface area contributed by atoms with Gasteiger partial charge in [-0.05, 0) is 6.42 Å².